The maximum absolute atomic E-state index is 12.3. The van der Waals surface area contributed by atoms with Gasteiger partial charge >= 0.3 is 0 Å². The quantitative estimate of drug-likeness (QED) is 0.175. The fraction of sp³-hybridized carbons (Fsp3) is 0.484. The van der Waals surface area contributed by atoms with Crippen LogP contribution < -0.4 is 5.32 Å². The molecule has 2 aromatic heterocycles. The molecule has 0 aliphatic carbocycles. The normalized spacial score (nSPS) is 16.2. The van der Waals surface area contributed by atoms with Gasteiger partial charge in [0.05, 0.1) is 5.52 Å². The summed E-state index contributed by atoms with van der Waals surface area (Å²) in [6.45, 7) is 8.23. The highest BCUT2D eigenvalue weighted by Crippen LogP contribution is 2.28. The van der Waals surface area contributed by atoms with Crippen molar-refractivity contribution in [1.82, 2.24) is 30.0 Å². The van der Waals surface area contributed by atoms with Gasteiger partial charge in [-0.05, 0) is 64.1 Å². The summed E-state index contributed by atoms with van der Waals surface area (Å²) < 4.78 is 2.24. The fourth-order valence-corrected chi connectivity index (χ4v) is 6.32. The zero-order valence-corrected chi connectivity index (χ0v) is 24.1. The van der Waals surface area contributed by atoms with E-state index < -0.39 is 0 Å². The fourth-order valence-electron chi connectivity index (χ4n) is 5.54. The van der Waals surface area contributed by atoms with E-state index in [9.17, 15) is 4.79 Å². The number of hydrogen-bond acceptors (Lipinski definition) is 6. The molecule has 1 atom stereocenters. The molecule has 8 heteroatoms. The van der Waals surface area contributed by atoms with Gasteiger partial charge in [-0.2, -0.15) is 0 Å². The van der Waals surface area contributed by atoms with Crippen molar-refractivity contribution in [1.29, 1.82) is 0 Å². The molecule has 1 aliphatic rings. The summed E-state index contributed by atoms with van der Waals surface area (Å²) in [6.07, 6.45) is 7.37. The second kappa shape index (κ2) is 13.4. The average molecular weight is 545 g/mol. The predicted molar refractivity (Wildman–Crippen MR) is 160 cm³/mol. The third-order valence-electron chi connectivity index (χ3n) is 7.69. The van der Waals surface area contributed by atoms with E-state index in [0.29, 0.717) is 17.6 Å². The molecule has 1 N–H and O–H groups in total. The van der Waals surface area contributed by atoms with Crippen LogP contribution in [0.4, 0.5) is 0 Å². The zero-order chi connectivity index (χ0) is 27.0. The van der Waals surface area contributed by atoms with Crippen LogP contribution in [0.2, 0.25) is 0 Å². The van der Waals surface area contributed by atoms with Crippen LogP contribution in [0.15, 0.2) is 53.7 Å². The van der Waals surface area contributed by atoms with E-state index in [2.05, 4.69) is 81.3 Å². The number of likely N-dealkylation sites (tertiary alicyclic amines) is 1. The Kier molecular flexibility index (Phi) is 9.48. The van der Waals surface area contributed by atoms with Gasteiger partial charge in [-0.1, -0.05) is 66.2 Å². The summed E-state index contributed by atoms with van der Waals surface area (Å²) in [7, 11) is 0. The first-order valence-electron chi connectivity index (χ1n) is 14.4. The predicted octanol–water partition coefficient (Wildman–Crippen LogP) is 5.98. The number of aryl methyl sites for hydroxylation is 1. The number of hydrogen-bond donors (Lipinski definition) is 1. The smallest absolute Gasteiger partial charge is 0.219 e. The average Bonchev–Trinajstić information content (AvgIpc) is 3.24. The molecule has 2 aromatic carbocycles. The summed E-state index contributed by atoms with van der Waals surface area (Å²) in [5.41, 5.74) is 5.32. The number of thioether (sulfide) groups is 1. The Morgan fingerprint density at radius 2 is 1.97 bits per heavy atom. The molecule has 0 bridgehead atoms. The molecular weight excluding hydrogens is 504 g/mol. The number of amides is 1. The largest absolute Gasteiger partial charge is 0.356 e. The van der Waals surface area contributed by atoms with Crippen LogP contribution in [0, 0.1) is 6.92 Å². The van der Waals surface area contributed by atoms with Crippen LogP contribution in [0.3, 0.4) is 0 Å². The number of unbranched alkanes of at least 4 members (excludes halogenated alkanes) is 1. The maximum Gasteiger partial charge on any atom is 0.219 e. The highest BCUT2D eigenvalue weighted by Gasteiger charge is 2.17. The van der Waals surface area contributed by atoms with Gasteiger partial charge in [0.2, 0.25) is 11.1 Å². The molecule has 1 amide bonds. The number of nitrogens with one attached hydrogen (secondary N) is 1. The number of carbonyl (C=O) groups is 1. The summed E-state index contributed by atoms with van der Waals surface area (Å²) in [6, 6.07) is 17.6. The maximum atomic E-state index is 12.3. The van der Waals surface area contributed by atoms with Gasteiger partial charge in [0.25, 0.3) is 0 Å². The molecule has 5 rings (SSSR count). The van der Waals surface area contributed by atoms with Gasteiger partial charge in [-0.25, -0.2) is 4.98 Å². The van der Waals surface area contributed by atoms with Crippen molar-refractivity contribution >= 4 is 39.7 Å². The first-order valence-corrected chi connectivity index (χ1v) is 15.4. The lowest BCUT2D eigenvalue weighted by atomic mass is 10.0. The molecule has 0 saturated carbocycles. The van der Waals surface area contributed by atoms with Crippen molar-refractivity contribution < 1.29 is 4.79 Å². The second-order valence-electron chi connectivity index (χ2n) is 10.7. The first kappa shape index (κ1) is 27.6. The van der Waals surface area contributed by atoms with E-state index in [-0.39, 0.29) is 5.91 Å². The van der Waals surface area contributed by atoms with Crippen LogP contribution in [0.1, 0.15) is 63.0 Å². The highest BCUT2D eigenvalue weighted by molar-refractivity contribution is 7.99. The Morgan fingerprint density at radius 1 is 1.08 bits per heavy atom. The van der Waals surface area contributed by atoms with E-state index in [0.717, 1.165) is 66.7 Å². The number of para-hydroxylation sites is 1. The number of piperidine rings is 1. The minimum Gasteiger partial charge on any atom is -0.356 e. The van der Waals surface area contributed by atoms with Gasteiger partial charge in [-0.3, -0.25) is 4.79 Å². The molecule has 39 heavy (non-hydrogen) atoms. The van der Waals surface area contributed by atoms with Gasteiger partial charge in [0, 0.05) is 43.2 Å². The van der Waals surface area contributed by atoms with Crippen molar-refractivity contribution in [3.8, 4) is 0 Å². The zero-order valence-electron chi connectivity index (χ0n) is 23.2. The van der Waals surface area contributed by atoms with Crippen LogP contribution in [0.25, 0.3) is 22.1 Å². The molecule has 0 radical (unpaired) electrons. The number of fused-ring (bicyclic) bond motifs is 3. The third kappa shape index (κ3) is 7.17. The lowest BCUT2D eigenvalue weighted by Crippen LogP contribution is -2.39. The number of nitrogens with zero attached hydrogens (tertiary/aromatic N) is 5. The Balaban J connectivity index is 1.11. The molecule has 3 heterocycles. The Bertz CT molecular complexity index is 1400. The highest BCUT2D eigenvalue weighted by atomic mass is 32.2. The van der Waals surface area contributed by atoms with Crippen LogP contribution in [-0.2, 0) is 11.3 Å². The van der Waals surface area contributed by atoms with Crippen molar-refractivity contribution in [3.63, 3.8) is 0 Å². The van der Waals surface area contributed by atoms with Crippen molar-refractivity contribution in [3.05, 3.63) is 59.7 Å². The van der Waals surface area contributed by atoms with Crippen LogP contribution >= 0.6 is 11.8 Å². The topological polar surface area (TPSA) is 75.9 Å². The molecule has 4 aromatic rings. The SMILES string of the molecule is Cc1cccc(Cn2c3ccccc3c3nnc(SCCCCC(=O)NCCCN4CCCCC4C)nc32)c1. The van der Waals surface area contributed by atoms with Crippen LogP contribution in [0.5, 0.6) is 0 Å². The number of aromatic nitrogens is 4. The van der Waals surface area contributed by atoms with Crippen LogP contribution in [-0.4, -0.2) is 62.0 Å². The van der Waals surface area contributed by atoms with Crippen molar-refractivity contribution in [2.24, 2.45) is 0 Å². The summed E-state index contributed by atoms with van der Waals surface area (Å²) in [4.78, 5) is 19.7. The van der Waals surface area contributed by atoms with Crippen molar-refractivity contribution in [2.45, 2.75) is 76.5 Å². The molecular formula is C31H40N6OS. The molecule has 1 saturated heterocycles. The Labute approximate surface area is 235 Å². The molecule has 206 valence electrons. The Hall–Kier alpha value is -2.97. The lowest BCUT2D eigenvalue weighted by Gasteiger charge is -2.33. The second-order valence-corrected chi connectivity index (χ2v) is 11.8. The summed E-state index contributed by atoms with van der Waals surface area (Å²) >= 11 is 1.62. The van der Waals surface area contributed by atoms with E-state index in [4.69, 9.17) is 4.98 Å². The lowest BCUT2D eigenvalue weighted by molar-refractivity contribution is -0.121. The summed E-state index contributed by atoms with van der Waals surface area (Å²) in [5, 5.41) is 13.9. The molecule has 1 aliphatic heterocycles. The van der Waals surface area contributed by atoms with E-state index in [1.165, 1.54) is 36.9 Å². The van der Waals surface area contributed by atoms with Gasteiger partial charge in [0.15, 0.2) is 5.65 Å². The van der Waals surface area contributed by atoms with Gasteiger partial charge in [0.1, 0.15) is 5.52 Å². The van der Waals surface area contributed by atoms with Crippen molar-refractivity contribution in [2.75, 3.05) is 25.4 Å². The molecule has 0 spiro atoms. The van der Waals surface area contributed by atoms with Gasteiger partial charge < -0.3 is 14.8 Å². The molecule has 1 fully saturated rings. The first-order chi connectivity index (χ1) is 19.1. The third-order valence-corrected chi connectivity index (χ3v) is 8.62. The number of carbonyl (C=O) groups excluding carboxylic acids is 1. The van der Waals surface area contributed by atoms with E-state index >= 15 is 0 Å². The van der Waals surface area contributed by atoms with E-state index in [1.54, 1.807) is 11.8 Å². The Morgan fingerprint density at radius 3 is 2.85 bits per heavy atom. The number of rotatable bonds is 12. The van der Waals surface area contributed by atoms with E-state index in [1.807, 2.05) is 6.07 Å². The monoisotopic (exact) mass is 544 g/mol. The minimum absolute atomic E-state index is 0.159. The molecule has 1 unspecified atom stereocenters. The molecule has 7 nitrogen and oxygen atoms in total. The summed E-state index contributed by atoms with van der Waals surface area (Å²) in [5.74, 6) is 1.03. The van der Waals surface area contributed by atoms with Gasteiger partial charge in [-0.15, -0.1) is 10.2 Å². The standard InChI is InChI=1S/C31H40N6OS/c1-23-11-9-13-25(21-23)22-37-27-15-4-3-14-26(27)29-30(37)33-31(35-34-29)39-20-8-6-16-28(38)32-17-10-19-36-18-7-5-12-24(36)2/h3-4,9,11,13-15,21,24H,5-8,10,12,16-20,22H2,1-2H3,(H,32,38). The minimum atomic E-state index is 0.159. The number of benzene rings is 2.